The molecule has 1 aromatic carbocycles. The summed E-state index contributed by atoms with van der Waals surface area (Å²) in [4.78, 5) is 14.3. The molecule has 0 bridgehead atoms. The molecule has 2 aromatic rings. The second-order valence-electron chi connectivity index (χ2n) is 8.17. The minimum atomic E-state index is -3.83. The van der Waals surface area contributed by atoms with Gasteiger partial charge in [-0.25, -0.2) is 16.8 Å². The summed E-state index contributed by atoms with van der Waals surface area (Å²) in [5.74, 6) is -0.266. The lowest BCUT2D eigenvalue weighted by molar-refractivity contribution is -0.132. The first-order chi connectivity index (χ1) is 14.5. The smallest absolute Gasteiger partial charge is 0.268 e. The largest absolute Gasteiger partial charge is 0.340 e. The van der Waals surface area contributed by atoms with Gasteiger partial charge in [-0.1, -0.05) is 18.2 Å². The number of aromatic nitrogens is 2. The van der Waals surface area contributed by atoms with E-state index < -0.39 is 19.9 Å². The summed E-state index contributed by atoms with van der Waals surface area (Å²) < 4.78 is 53.2. The minimum absolute atomic E-state index is 0.0413. The summed E-state index contributed by atoms with van der Waals surface area (Å²) in [7, 11) is -5.36. The van der Waals surface area contributed by atoms with Crippen molar-refractivity contribution in [1.82, 2.24) is 14.7 Å². The van der Waals surface area contributed by atoms with Gasteiger partial charge in [-0.2, -0.15) is 5.10 Å². The highest BCUT2D eigenvalue weighted by Gasteiger charge is 2.36. The summed E-state index contributed by atoms with van der Waals surface area (Å²) in [6.45, 7) is 3.48. The molecule has 3 heterocycles. The zero-order chi connectivity index (χ0) is 22.6. The Morgan fingerprint density at radius 1 is 1.26 bits per heavy atom. The van der Waals surface area contributed by atoms with Crippen molar-refractivity contribution in [3.63, 3.8) is 0 Å². The second kappa shape index (κ2) is 7.63. The van der Waals surface area contributed by atoms with E-state index in [1.807, 2.05) is 18.2 Å². The number of hydrogen-bond donors (Lipinski definition) is 0. The summed E-state index contributed by atoms with van der Waals surface area (Å²) in [6.07, 6.45) is 1.06. The Hall–Kier alpha value is -2.40. The number of benzene rings is 1. The Morgan fingerprint density at radius 2 is 1.97 bits per heavy atom. The fourth-order valence-electron chi connectivity index (χ4n) is 4.40. The van der Waals surface area contributed by atoms with Crippen LogP contribution in [0.3, 0.4) is 0 Å². The average molecular weight is 467 g/mol. The number of sulfone groups is 1. The van der Waals surface area contributed by atoms with Gasteiger partial charge in [0, 0.05) is 19.6 Å². The Balaban J connectivity index is 1.59. The molecule has 1 fully saturated rings. The third kappa shape index (κ3) is 3.84. The molecule has 2 aliphatic heterocycles. The van der Waals surface area contributed by atoms with E-state index in [4.69, 9.17) is 0 Å². The van der Waals surface area contributed by atoms with Crippen LogP contribution in [0.5, 0.6) is 0 Å². The number of nitrogens with zero attached hydrogens (tertiary/aromatic N) is 4. The van der Waals surface area contributed by atoms with Crippen LogP contribution in [0.25, 0.3) is 0 Å². The second-order valence-corrected chi connectivity index (χ2v) is 12.2. The fourth-order valence-corrected chi connectivity index (χ4v) is 8.06. The Bertz CT molecular complexity index is 1250. The molecule has 4 rings (SSSR count). The molecule has 1 saturated heterocycles. The first-order valence-corrected chi connectivity index (χ1v) is 13.4. The van der Waals surface area contributed by atoms with E-state index in [2.05, 4.69) is 5.10 Å². The molecule has 11 heteroatoms. The van der Waals surface area contributed by atoms with Crippen molar-refractivity contribution < 1.29 is 21.6 Å². The van der Waals surface area contributed by atoms with Crippen molar-refractivity contribution in [1.29, 1.82) is 0 Å². The van der Waals surface area contributed by atoms with Crippen LogP contribution in [0.4, 0.5) is 5.69 Å². The van der Waals surface area contributed by atoms with Gasteiger partial charge < -0.3 is 4.90 Å². The molecule has 2 aliphatic rings. The maximum atomic E-state index is 13.5. The number of rotatable bonds is 5. The molecule has 31 heavy (non-hydrogen) atoms. The quantitative estimate of drug-likeness (QED) is 0.648. The van der Waals surface area contributed by atoms with E-state index in [-0.39, 0.29) is 34.9 Å². The predicted octanol–water partition coefficient (Wildman–Crippen LogP) is 0.897. The number of amides is 1. The van der Waals surface area contributed by atoms with Crippen molar-refractivity contribution in [2.45, 2.75) is 44.2 Å². The molecule has 1 atom stereocenters. The lowest BCUT2D eigenvalue weighted by atomic mass is 10.2. The van der Waals surface area contributed by atoms with Crippen LogP contribution in [-0.4, -0.2) is 68.6 Å². The lowest BCUT2D eigenvalue weighted by Gasteiger charge is -2.23. The summed E-state index contributed by atoms with van der Waals surface area (Å²) in [6, 6.07) is 7.06. The summed E-state index contributed by atoms with van der Waals surface area (Å²) in [5, 5.41) is 4.33. The van der Waals surface area contributed by atoms with Crippen LogP contribution in [0, 0.1) is 13.8 Å². The van der Waals surface area contributed by atoms with Crippen molar-refractivity contribution >= 4 is 31.5 Å². The molecule has 1 aromatic heterocycles. The first kappa shape index (κ1) is 21.8. The van der Waals surface area contributed by atoms with E-state index >= 15 is 0 Å². The Kier molecular flexibility index (Phi) is 5.37. The number of likely N-dealkylation sites (N-methyl/N-ethyl adjacent to an activating group) is 1. The minimum Gasteiger partial charge on any atom is -0.340 e. The van der Waals surface area contributed by atoms with Gasteiger partial charge in [0.05, 0.1) is 28.6 Å². The number of hydrogen-bond acceptors (Lipinski definition) is 6. The third-order valence-corrected chi connectivity index (χ3v) is 9.96. The van der Waals surface area contributed by atoms with Crippen molar-refractivity contribution in [2.24, 2.45) is 0 Å². The SMILES string of the molecule is Cc1nn(CC(=O)N(C)[C@H]2CCS(=O)(=O)C2)c(C)c1S(=O)(=O)N1CCc2ccccc21. The molecule has 0 aliphatic carbocycles. The topological polar surface area (TPSA) is 110 Å². The van der Waals surface area contributed by atoms with Crippen LogP contribution in [0.15, 0.2) is 29.2 Å². The summed E-state index contributed by atoms with van der Waals surface area (Å²) >= 11 is 0. The zero-order valence-electron chi connectivity index (χ0n) is 17.8. The first-order valence-electron chi connectivity index (χ1n) is 10.1. The molecular weight excluding hydrogens is 440 g/mol. The number of aryl methyl sites for hydroxylation is 1. The highest BCUT2D eigenvalue weighted by Crippen LogP contribution is 2.34. The van der Waals surface area contributed by atoms with Gasteiger partial charge in [-0.15, -0.1) is 0 Å². The molecule has 9 nitrogen and oxygen atoms in total. The molecule has 0 saturated carbocycles. The summed E-state index contributed by atoms with van der Waals surface area (Å²) in [5.41, 5.74) is 2.38. The van der Waals surface area contributed by atoms with Crippen LogP contribution >= 0.6 is 0 Å². The van der Waals surface area contributed by atoms with Crippen LogP contribution in [0.1, 0.15) is 23.4 Å². The average Bonchev–Trinajstić information content (AvgIpc) is 3.37. The van der Waals surface area contributed by atoms with Gasteiger partial charge >= 0.3 is 0 Å². The van der Waals surface area contributed by atoms with Gasteiger partial charge in [0.1, 0.15) is 11.4 Å². The molecule has 1 amide bonds. The Labute approximate surface area is 182 Å². The van der Waals surface area contributed by atoms with Crippen LogP contribution in [-0.2, 0) is 37.6 Å². The molecule has 0 spiro atoms. The molecule has 0 unspecified atom stereocenters. The maximum absolute atomic E-state index is 13.5. The molecule has 0 N–H and O–H groups in total. The number of para-hydroxylation sites is 1. The Morgan fingerprint density at radius 3 is 2.65 bits per heavy atom. The number of fused-ring (bicyclic) bond motifs is 1. The predicted molar refractivity (Wildman–Crippen MR) is 116 cm³/mol. The highest BCUT2D eigenvalue weighted by atomic mass is 32.2. The van der Waals surface area contributed by atoms with Gasteiger partial charge in [0.15, 0.2) is 9.84 Å². The van der Waals surface area contributed by atoms with Crippen molar-refractivity contribution in [3.8, 4) is 0 Å². The normalized spacial score (nSPS) is 20.1. The number of carbonyl (C=O) groups is 1. The van der Waals surface area contributed by atoms with Crippen molar-refractivity contribution in [2.75, 3.05) is 29.4 Å². The van der Waals surface area contributed by atoms with Gasteiger partial charge in [-0.05, 0) is 38.3 Å². The lowest BCUT2D eigenvalue weighted by Crippen LogP contribution is -2.40. The van der Waals surface area contributed by atoms with Gasteiger partial charge in [-0.3, -0.25) is 13.8 Å². The third-order valence-electron chi connectivity index (χ3n) is 6.14. The van der Waals surface area contributed by atoms with E-state index in [1.54, 1.807) is 27.0 Å². The number of sulfonamides is 1. The monoisotopic (exact) mass is 466 g/mol. The van der Waals surface area contributed by atoms with Crippen LogP contribution in [0.2, 0.25) is 0 Å². The van der Waals surface area contributed by atoms with E-state index in [1.165, 1.54) is 13.9 Å². The highest BCUT2D eigenvalue weighted by molar-refractivity contribution is 7.93. The molecule has 168 valence electrons. The standard InChI is InChI=1S/C20H26N4O5S2/c1-14-20(31(28,29)24-10-8-16-6-4-5-7-18(16)24)15(2)23(21-14)12-19(25)22(3)17-9-11-30(26,27)13-17/h4-7,17H,8-13H2,1-3H3/t17-/m0/s1. The van der Waals surface area contributed by atoms with E-state index in [9.17, 15) is 21.6 Å². The van der Waals surface area contributed by atoms with Gasteiger partial charge in [0.2, 0.25) is 5.91 Å². The fraction of sp³-hybridized carbons (Fsp3) is 0.500. The van der Waals surface area contributed by atoms with E-state index in [0.29, 0.717) is 36.5 Å². The van der Waals surface area contributed by atoms with Crippen molar-refractivity contribution in [3.05, 3.63) is 41.2 Å². The molecular formula is C20H26N4O5S2. The number of anilines is 1. The van der Waals surface area contributed by atoms with Gasteiger partial charge in [0.25, 0.3) is 10.0 Å². The van der Waals surface area contributed by atoms with E-state index in [0.717, 1.165) is 5.56 Å². The zero-order valence-corrected chi connectivity index (χ0v) is 19.4. The maximum Gasteiger partial charge on any atom is 0.268 e. The number of carbonyl (C=O) groups excluding carboxylic acids is 1. The van der Waals surface area contributed by atoms with Crippen LogP contribution < -0.4 is 4.31 Å². The molecule has 0 radical (unpaired) electrons.